The molecule has 12 N–H and O–H groups in total. The smallest absolute Gasteiger partial charge is 0.545 e. The Labute approximate surface area is 198 Å². The van der Waals surface area contributed by atoms with E-state index in [0.29, 0.717) is 0 Å². The van der Waals surface area contributed by atoms with E-state index in [-0.39, 0.29) is 50.1 Å². The SMILES string of the molecule is O.O.O=C([O-])c1ccc(-c2cnc[nH]2)cc1.O=C([O-])c1ccc(-c2cnc[nH]2)cc1.[Cu+2].[OH3+].[OH3+]. The zero-order valence-corrected chi connectivity index (χ0v) is 17.9. The molecular formula is C20H24CuN4O8+2. The fourth-order valence-corrected chi connectivity index (χ4v) is 2.40. The van der Waals surface area contributed by atoms with Gasteiger partial charge in [-0.05, 0) is 22.3 Å². The van der Waals surface area contributed by atoms with Crippen LogP contribution in [0, 0.1) is 0 Å². The minimum atomic E-state index is -1.17. The Morgan fingerprint density at radius 1 is 0.636 bits per heavy atom. The molecule has 33 heavy (non-hydrogen) atoms. The minimum absolute atomic E-state index is 0. The fourth-order valence-electron chi connectivity index (χ4n) is 2.40. The van der Waals surface area contributed by atoms with E-state index in [9.17, 15) is 19.8 Å². The number of hydrogen-bond acceptors (Lipinski definition) is 6. The third-order valence-corrected chi connectivity index (χ3v) is 3.86. The van der Waals surface area contributed by atoms with Crippen molar-refractivity contribution in [2.24, 2.45) is 0 Å². The maximum Gasteiger partial charge on any atom is 2.00 e. The van der Waals surface area contributed by atoms with Crippen LogP contribution in [-0.4, -0.2) is 42.8 Å². The van der Waals surface area contributed by atoms with Gasteiger partial charge in [-0.15, -0.1) is 0 Å². The number of aromatic nitrogens is 4. The minimum Gasteiger partial charge on any atom is -0.545 e. The number of carboxylic acid groups (broad SMARTS) is 2. The van der Waals surface area contributed by atoms with Crippen LogP contribution >= 0.6 is 0 Å². The number of nitrogens with one attached hydrogen (secondary N) is 2. The first-order chi connectivity index (χ1) is 13.5. The zero-order chi connectivity index (χ0) is 19.9. The van der Waals surface area contributed by atoms with E-state index in [2.05, 4.69) is 19.9 Å². The number of aromatic amines is 2. The Balaban J connectivity index is -0.000000474. The summed E-state index contributed by atoms with van der Waals surface area (Å²) in [6, 6.07) is 12.8. The summed E-state index contributed by atoms with van der Waals surface area (Å²) in [6.45, 7) is 0. The van der Waals surface area contributed by atoms with E-state index in [0.717, 1.165) is 22.5 Å². The van der Waals surface area contributed by atoms with Gasteiger partial charge in [0, 0.05) is 0 Å². The number of aromatic carboxylic acids is 2. The van der Waals surface area contributed by atoms with Crippen LogP contribution in [0.15, 0.2) is 73.6 Å². The van der Waals surface area contributed by atoms with Crippen LogP contribution in [0.5, 0.6) is 0 Å². The molecule has 2 heterocycles. The Kier molecular flexibility index (Phi) is 16.3. The van der Waals surface area contributed by atoms with Gasteiger partial charge >= 0.3 is 17.1 Å². The summed E-state index contributed by atoms with van der Waals surface area (Å²) < 4.78 is 0. The van der Waals surface area contributed by atoms with Gasteiger partial charge in [0.1, 0.15) is 0 Å². The number of nitrogens with zero attached hydrogens (tertiary/aromatic N) is 2. The molecule has 1 radical (unpaired) electrons. The average Bonchev–Trinajstić information content (AvgIpc) is 3.43. The molecule has 0 fully saturated rings. The van der Waals surface area contributed by atoms with Crippen molar-refractivity contribution < 1.29 is 58.8 Å². The van der Waals surface area contributed by atoms with E-state index >= 15 is 0 Å². The summed E-state index contributed by atoms with van der Waals surface area (Å²) >= 11 is 0. The summed E-state index contributed by atoms with van der Waals surface area (Å²) in [7, 11) is 0. The predicted molar refractivity (Wildman–Crippen MR) is 114 cm³/mol. The van der Waals surface area contributed by atoms with Gasteiger partial charge in [-0.2, -0.15) is 0 Å². The van der Waals surface area contributed by atoms with Gasteiger partial charge in [0.25, 0.3) is 0 Å². The molecule has 0 unspecified atom stereocenters. The Hall–Kier alpha value is -3.84. The first-order valence-electron chi connectivity index (χ1n) is 8.15. The molecule has 0 aliphatic rings. The predicted octanol–water partition coefficient (Wildman–Crippen LogP) is -2.62. The van der Waals surface area contributed by atoms with E-state index in [1.165, 1.54) is 24.3 Å². The molecule has 0 amide bonds. The number of benzene rings is 2. The molecule has 0 atom stereocenters. The maximum absolute atomic E-state index is 10.5. The molecule has 4 aromatic rings. The van der Waals surface area contributed by atoms with E-state index in [1.807, 2.05) is 0 Å². The molecular weight excluding hydrogens is 488 g/mol. The molecule has 0 spiro atoms. The number of rotatable bonds is 4. The second kappa shape index (κ2) is 15.9. The summed E-state index contributed by atoms with van der Waals surface area (Å²) in [5.41, 5.74) is 3.85. The third-order valence-electron chi connectivity index (χ3n) is 3.86. The van der Waals surface area contributed by atoms with Gasteiger partial charge in [0.2, 0.25) is 0 Å². The van der Waals surface area contributed by atoms with Crippen molar-refractivity contribution >= 4 is 11.9 Å². The van der Waals surface area contributed by atoms with Crippen LogP contribution in [0.2, 0.25) is 0 Å². The van der Waals surface area contributed by atoms with E-state index in [4.69, 9.17) is 0 Å². The van der Waals surface area contributed by atoms with Crippen molar-refractivity contribution in [1.29, 1.82) is 0 Å². The molecule has 0 saturated carbocycles. The topological polar surface area (TPSA) is 267 Å². The Bertz CT molecular complexity index is 967. The number of H-pyrrole nitrogens is 2. The number of carboxylic acids is 2. The quantitative estimate of drug-likeness (QED) is 0.218. The van der Waals surface area contributed by atoms with Crippen LogP contribution in [0.3, 0.4) is 0 Å². The van der Waals surface area contributed by atoms with E-state index in [1.54, 1.807) is 49.3 Å². The Morgan fingerprint density at radius 2 is 0.939 bits per heavy atom. The summed E-state index contributed by atoms with van der Waals surface area (Å²) in [5, 5.41) is 20.9. The molecule has 0 saturated heterocycles. The first kappa shape index (κ1) is 33.8. The van der Waals surface area contributed by atoms with Crippen molar-refractivity contribution in [3.63, 3.8) is 0 Å². The monoisotopic (exact) mass is 511 g/mol. The van der Waals surface area contributed by atoms with Crippen molar-refractivity contribution in [2.75, 3.05) is 0 Å². The van der Waals surface area contributed by atoms with Crippen LogP contribution in [0.4, 0.5) is 0 Å². The van der Waals surface area contributed by atoms with Crippen LogP contribution in [0.1, 0.15) is 20.7 Å². The molecule has 2 aromatic heterocycles. The number of carbonyl (C=O) groups is 2. The second-order valence-electron chi connectivity index (χ2n) is 5.66. The standard InChI is InChI=1S/2C10H8N2O2.Cu.4H2O/c2*13-10(14)8-3-1-7(2-4-8)9-5-11-6-12-9;;;;;/h2*1-6H,(H,11,12)(H,13,14);;4*1H2/q;;+2;;;;. The molecule has 12 nitrogen and oxygen atoms in total. The van der Waals surface area contributed by atoms with Crippen LogP contribution < -0.4 is 10.2 Å². The molecule has 0 aliphatic carbocycles. The Morgan fingerprint density at radius 3 is 1.15 bits per heavy atom. The molecule has 4 rings (SSSR count). The third kappa shape index (κ3) is 9.04. The maximum atomic E-state index is 10.5. The number of carbonyl (C=O) groups excluding carboxylic acids is 2. The van der Waals surface area contributed by atoms with Gasteiger partial charge in [-0.1, -0.05) is 48.5 Å². The normalized spacial score (nSPS) is 8.48. The summed E-state index contributed by atoms with van der Waals surface area (Å²) in [6.07, 6.45) is 6.49. The van der Waals surface area contributed by atoms with Gasteiger partial charge in [-0.25, -0.2) is 9.97 Å². The second-order valence-corrected chi connectivity index (χ2v) is 5.66. The van der Waals surface area contributed by atoms with Crippen molar-refractivity contribution in [3.8, 4) is 22.5 Å². The van der Waals surface area contributed by atoms with Crippen molar-refractivity contribution in [2.45, 2.75) is 0 Å². The molecule has 0 bridgehead atoms. The van der Waals surface area contributed by atoms with Gasteiger partial charge < -0.3 is 51.7 Å². The largest absolute Gasteiger partial charge is 2.00 e. The zero-order valence-electron chi connectivity index (χ0n) is 16.9. The van der Waals surface area contributed by atoms with Gasteiger partial charge in [0.05, 0.1) is 48.4 Å². The molecule has 13 heteroatoms. The first-order valence-corrected chi connectivity index (χ1v) is 8.15. The molecule has 0 aliphatic heterocycles. The van der Waals surface area contributed by atoms with Gasteiger partial charge in [-0.3, -0.25) is 0 Å². The van der Waals surface area contributed by atoms with Crippen LogP contribution in [0.25, 0.3) is 22.5 Å². The summed E-state index contributed by atoms with van der Waals surface area (Å²) in [5.74, 6) is -2.33. The number of hydrogen-bond donors (Lipinski definition) is 2. The molecule has 2 aromatic carbocycles. The van der Waals surface area contributed by atoms with Crippen LogP contribution in [-0.2, 0) is 28.0 Å². The van der Waals surface area contributed by atoms with E-state index < -0.39 is 11.9 Å². The molecule has 181 valence electrons. The van der Waals surface area contributed by atoms with Gasteiger partial charge in [0.15, 0.2) is 0 Å². The summed E-state index contributed by atoms with van der Waals surface area (Å²) in [4.78, 5) is 34.5. The fraction of sp³-hybridized carbons (Fsp3) is 0. The average molecular weight is 512 g/mol. The van der Waals surface area contributed by atoms with Crippen molar-refractivity contribution in [1.82, 2.24) is 19.9 Å². The van der Waals surface area contributed by atoms with Crippen molar-refractivity contribution in [3.05, 3.63) is 84.7 Å². The number of imidazole rings is 2.